The van der Waals surface area contributed by atoms with Gasteiger partial charge in [0.15, 0.2) is 0 Å². The summed E-state index contributed by atoms with van der Waals surface area (Å²) in [7, 11) is 0. The maximum absolute atomic E-state index is 12.7. The van der Waals surface area contributed by atoms with Crippen LogP contribution in [-0.4, -0.2) is 15.3 Å². The molecule has 0 aliphatic rings. The lowest BCUT2D eigenvalue weighted by Crippen LogP contribution is -2.04. The van der Waals surface area contributed by atoms with Crippen LogP contribution in [0.15, 0.2) is 60.7 Å². The standard InChI is InChI=1S/C17H11F3N2O/c18-17(19,20)13-8-6-11(7-9-13)14-10-15(23)21-22-16(14)12-4-2-1-3-5-12/h1-10H,(H,21,23). The Morgan fingerprint density at radius 1 is 0.783 bits per heavy atom. The molecule has 2 aromatic carbocycles. The Hall–Kier alpha value is -2.89. The van der Waals surface area contributed by atoms with E-state index in [0.29, 0.717) is 16.8 Å². The second-order valence-corrected chi connectivity index (χ2v) is 4.91. The Morgan fingerprint density at radius 3 is 2.04 bits per heavy atom. The van der Waals surface area contributed by atoms with Gasteiger partial charge >= 0.3 is 6.18 Å². The summed E-state index contributed by atoms with van der Waals surface area (Å²) >= 11 is 0. The smallest absolute Gasteiger partial charge is 0.416 e. The maximum atomic E-state index is 12.7. The second kappa shape index (κ2) is 5.72. The van der Waals surface area contributed by atoms with E-state index in [2.05, 4.69) is 10.2 Å². The molecule has 3 nitrogen and oxygen atoms in total. The van der Waals surface area contributed by atoms with E-state index in [9.17, 15) is 18.3 Å². The van der Waals surface area contributed by atoms with Crippen molar-refractivity contribution in [2.24, 2.45) is 0 Å². The highest BCUT2D eigenvalue weighted by Crippen LogP contribution is 2.34. The molecule has 3 rings (SSSR count). The van der Waals surface area contributed by atoms with Gasteiger partial charge in [-0.05, 0) is 17.7 Å². The quantitative estimate of drug-likeness (QED) is 0.755. The van der Waals surface area contributed by atoms with Gasteiger partial charge in [-0.25, -0.2) is 0 Å². The highest BCUT2D eigenvalue weighted by molar-refractivity contribution is 5.80. The van der Waals surface area contributed by atoms with Gasteiger partial charge < -0.3 is 5.11 Å². The lowest BCUT2D eigenvalue weighted by molar-refractivity contribution is -0.137. The van der Waals surface area contributed by atoms with Crippen LogP contribution in [-0.2, 0) is 6.18 Å². The van der Waals surface area contributed by atoms with E-state index in [0.717, 1.165) is 17.7 Å². The molecule has 0 atom stereocenters. The Bertz CT molecular complexity index is 815. The first-order chi connectivity index (χ1) is 10.9. The van der Waals surface area contributed by atoms with Crippen molar-refractivity contribution in [1.29, 1.82) is 0 Å². The fourth-order valence-electron chi connectivity index (χ4n) is 2.25. The van der Waals surface area contributed by atoms with Crippen molar-refractivity contribution in [2.75, 3.05) is 0 Å². The first-order valence-electron chi connectivity index (χ1n) is 6.75. The number of alkyl halides is 3. The molecular weight excluding hydrogens is 305 g/mol. The van der Waals surface area contributed by atoms with Gasteiger partial charge in [0, 0.05) is 17.2 Å². The zero-order valence-electron chi connectivity index (χ0n) is 11.7. The lowest BCUT2D eigenvalue weighted by Gasteiger charge is -2.11. The fourth-order valence-corrected chi connectivity index (χ4v) is 2.25. The van der Waals surface area contributed by atoms with Crippen molar-refractivity contribution in [3.63, 3.8) is 0 Å². The van der Waals surface area contributed by atoms with Crippen molar-refractivity contribution in [1.82, 2.24) is 10.2 Å². The van der Waals surface area contributed by atoms with Gasteiger partial charge in [-0.2, -0.15) is 13.2 Å². The van der Waals surface area contributed by atoms with E-state index in [4.69, 9.17) is 0 Å². The molecule has 1 N–H and O–H groups in total. The Morgan fingerprint density at radius 2 is 1.43 bits per heavy atom. The third kappa shape index (κ3) is 3.15. The van der Waals surface area contributed by atoms with Crippen LogP contribution in [0.2, 0.25) is 0 Å². The highest BCUT2D eigenvalue weighted by atomic mass is 19.4. The van der Waals surface area contributed by atoms with E-state index in [1.54, 1.807) is 0 Å². The average molecular weight is 316 g/mol. The normalized spacial score (nSPS) is 11.4. The zero-order valence-corrected chi connectivity index (χ0v) is 11.7. The molecule has 0 saturated heterocycles. The Balaban J connectivity index is 2.11. The minimum absolute atomic E-state index is 0.292. The summed E-state index contributed by atoms with van der Waals surface area (Å²) < 4.78 is 38.0. The van der Waals surface area contributed by atoms with Gasteiger partial charge in [0.1, 0.15) is 5.69 Å². The summed E-state index contributed by atoms with van der Waals surface area (Å²) in [6.45, 7) is 0. The molecule has 0 amide bonds. The molecule has 0 bridgehead atoms. The van der Waals surface area contributed by atoms with E-state index < -0.39 is 11.7 Å². The number of aromatic hydroxyl groups is 1. The monoisotopic (exact) mass is 316 g/mol. The molecule has 0 aliphatic heterocycles. The van der Waals surface area contributed by atoms with Gasteiger partial charge in [-0.1, -0.05) is 42.5 Å². The van der Waals surface area contributed by atoms with Crippen LogP contribution < -0.4 is 0 Å². The lowest BCUT2D eigenvalue weighted by atomic mass is 9.99. The number of aromatic nitrogens is 2. The van der Waals surface area contributed by atoms with Crippen LogP contribution in [0.1, 0.15) is 5.56 Å². The summed E-state index contributed by atoms with van der Waals surface area (Å²) in [5.74, 6) is -0.292. The summed E-state index contributed by atoms with van der Waals surface area (Å²) in [5, 5.41) is 17.2. The number of benzene rings is 2. The molecular formula is C17H11F3N2O. The second-order valence-electron chi connectivity index (χ2n) is 4.91. The van der Waals surface area contributed by atoms with Crippen molar-refractivity contribution in [3.05, 3.63) is 66.2 Å². The minimum Gasteiger partial charge on any atom is -0.492 e. The van der Waals surface area contributed by atoms with Crippen LogP contribution >= 0.6 is 0 Å². The summed E-state index contributed by atoms with van der Waals surface area (Å²) in [4.78, 5) is 0. The van der Waals surface area contributed by atoms with E-state index in [1.165, 1.54) is 18.2 Å². The van der Waals surface area contributed by atoms with Crippen molar-refractivity contribution < 1.29 is 18.3 Å². The van der Waals surface area contributed by atoms with Crippen molar-refractivity contribution in [2.45, 2.75) is 6.18 Å². The third-order valence-corrected chi connectivity index (χ3v) is 3.35. The fraction of sp³-hybridized carbons (Fsp3) is 0.0588. The van der Waals surface area contributed by atoms with E-state index >= 15 is 0 Å². The predicted octanol–water partition coefficient (Wildman–Crippen LogP) is 4.54. The van der Waals surface area contributed by atoms with Crippen LogP contribution in [0.25, 0.3) is 22.4 Å². The molecule has 0 aliphatic carbocycles. The largest absolute Gasteiger partial charge is 0.492 e. The van der Waals surface area contributed by atoms with Crippen LogP contribution in [0.4, 0.5) is 13.2 Å². The molecule has 6 heteroatoms. The van der Waals surface area contributed by atoms with E-state index in [1.807, 2.05) is 30.3 Å². The first kappa shape index (κ1) is 15.0. The minimum atomic E-state index is -4.39. The Labute approximate surface area is 130 Å². The molecule has 0 spiro atoms. The van der Waals surface area contributed by atoms with Crippen molar-refractivity contribution >= 4 is 0 Å². The number of rotatable bonds is 2. The molecule has 1 heterocycles. The molecule has 0 fully saturated rings. The van der Waals surface area contributed by atoms with Gasteiger partial charge in [0.25, 0.3) is 0 Å². The first-order valence-corrected chi connectivity index (χ1v) is 6.75. The van der Waals surface area contributed by atoms with Crippen molar-refractivity contribution in [3.8, 4) is 28.3 Å². The molecule has 116 valence electrons. The average Bonchev–Trinajstić information content (AvgIpc) is 2.55. The van der Waals surface area contributed by atoms with Gasteiger partial charge in [-0.3, -0.25) is 0 Å². The summed E-state index contributed by atoms with van der Waals surface area (Å²) in [6, 6.07) is 15.2. The van der Waals surface area contributed by atoms with Gasteiger partial charge in [0.05, 0.1) is 5.56 Å². The number of hydrogen-bond donors (Lipinski definition) is 1. The molecule has 0 radical (unpaired) electrons. The van der Waals surface area contributed by atoms with Gasteiger partial charge in [0.2, 0.25) is 5.88 Å². The van der Waals surface area contributed by atoms with Crippen LogP contribution in [0.3, 0.4) is 0 Å². The number of halogens is 3. The molecule has 1 aromatic heterocycles. The topological polar surface area (TPSA) is 46.0 Å². The highest BCUT2D eigenvalue weighted by Gasteiger charge is 2.30. The number of nitrogens with zero attached hydrogens (tertiary/aromatic N) is 2. The Kier molecular flexibility index (Phi) is 3.73. The zero-order chi connectivity index (χ0) is 16.4. The molecule has 0 saturated carbocycles. The van der Waals surface area contributed by atoms with Gasteiger partial charge in [-0.15, -0.1) is 10.2 Å². The summed E-state index contributed by atoms with van der Waals surface area (Å²) in [5.41, 5.74) is 1.55. The predicted molar refractivity (Wildman–Crippen MR) is 79.6 cm³/mol. The van der Waals surface area contributed by atoms with E-state index in [-0.39, 0.29) is 5.88 Å². The molecule has 0 unspecified atom stereocenters. The molecule has 23 heavy (non-hydrogen) atoms. The third-order valence-electron chi connectivity index (χ3n) is 3.35. The van der Waals surface area contributed by atoms with Crippen LogP contribution in [0.5, 0.6) is 5.88 Å². The summed E-state index contributed by atoms with van der Waals surface area (Å²) in [6.07, 6.45) is -4.39. The molecule has 3 aromatic rings. The van der Waals surface area contributed by atoms with Crippen LogP contribution in [0, 0.1) is 0 Å². The number of hydrogen-bond acceptors (Lipinski definition) is 3. The maximum Gasteiger partial charge on any atom is 0.416 e. The SMILES string of the molecule is Oc1cc(-c2ccc(C(F)(F)F)cc2)c(-c2ccccc2)nn1.